The molecule has 1 aromatic heterocycles. The number of nitrogens with zero attached hydrogens (tertiary/aromatic N) is 1. The highest BCUT2D eigenvalue weighted by atomic mass is 32.1. The summed E-state index contributed by atoms with van der Waals surface area (Å²) < 4.78 is 0. The molecule has 114 valence electrons. The standard InChI is InChI=1S/C17H30N2S/c1-4-7-16(17-8-5-11-20-17)19-10-6-9-18-15(13-19)12-14(2)3/h5,8,11,14-16,18H,4,6-7,9-10,12-13H2,1-3H3. The van der Waals surface area contributed by atoms with E-state index in [1.54, 1.807) is 4.88 Å². The summed E-state index contributed by atoms with van der Waals surface area (Å²) in [6.45, 7) is 10.6. The van der Waals surface area contributed by atoms with Gasteiger partial charge in [0.2, 0.25) is 0 Å². The molecule has 3 heteroatoms. The largest absolute Gasteiger partial charge is 0.313 e. The summed E-state index contributed by atoms with van der Waals surface area (Å²) in [6.07, 6.45) is 5.12. The van der Waals surface area contributed by atoms with Crippen molar-refractivity contribution in [2.24, 2.45) is 5.92 Å². The van der Waals surface area contributed by atoms with E-state index in [9.17, 15) is 0 Å². The van der Waals surface area contributed by atoms with E-state index in [0.717, 1.165) is 5.92 Å². The van der Waals surface area contributed by atoms with Gasteiger partial charge in [-0.05, 0) is 43.2 Å². The van der Waals surface area contributed by atoms with E-state index >= 15 is 0 Å². The van der Waals surface area contributed by atoms with Crippen LogP contribution >= 0.6 is 11.3 Å². The van der Waals surface area contributed by atoms with Crippen LogP contribution in [0.3, 0.4) is 0 Å². The van der Waals surface area contributed by atoms with Crippen LogP contribution < -0.4 is 5.32 Å². The highest BCUT2D eigenvalue weighted by Crippen LogP contribution is 2.30. The summed E-state index contributed by atoms with van der Waals surface area (Å²) in [7, 11) is 0. The molecule has 0 amide bonds. The lowest BCUT2D eigenvalue weighted by Crippen LogP contribution is -2.40. The highest BCUT2D eigenvalue weighted by molar-refractivity contribution is 7.10. The average molecular weight is 295 g/mol. The second-order valence-electron chi connectivity index (χ2n) is 6.45. The van der Waals surface area contributed by atoms with E-state index in [1.807, 2.05) is 11.3 Å². The summed E-state index contributed by atoms with van der Waals surface area (Å²) in [6, 6.07) is 5.82. The Kier molecular flexibility index (Phi) is 6.53. The Morgan fingerprint density at radius 2 is 2.30 bits per heavy atom. The normalized spacial score (nSPS) is 22.9. The molecule has 2 nitrogen and oxygen atoms in total. The summed E-state index contributed by atoms with van der Waals surface area (Å²) in [5, 5.41) is 5.97. The first-order valence-corrected chi connectivity index (χ1v) is 9.09. The van der Waals surface area contributed by atoms with E-state index in [4.69, 9.17) is 0 Å². The van der Waals surface area contributed by atoms with Crippen molar-refractivity contribution in [3.05, 3.63) is 22.4 Å². The van der Waals surface area contributed by atoms with Gasteiger partial charge in [-0.1, -0.05) is 33.3 Å². The van der Waals surface area contributed by atoms with Crippen LogP contribution in [0.2, 0.25) is 0 Å². The molecule has 1 saturated heterocycles. The zero-order chi connectivity index (χ0) is 14.4. The molecular weight excluding hydrogens is 264 g/mol. The number of thiophene rings is 1. The van der Waals surface area contributed by atoms with Crippen LogP contribution in [0.15, 0.2) is 17.5 Å². The molecule has 0 bridgehead atoms. The third-order valence-electron chi connectivity index (χ3n) is 4.14. The molecule has 2 atom stereocenters. The van der Waals surface area contributed by atoms with Crippen LogP contribution in [0.4, 0.5) is 0 Å². The molecule has 1 aromatic rings. The predicted octanol–water partition coefficient (Wildman–Crippen LogP) is 4.30. The molecule has 0 spiro atoms. The van der Waals surface area contributed by atoms with Crippen LogP contribution in [-0.2, 0) is 0 Å². The fourth-order valence-electron chi connectivity index (χ4n) is 3.30. The van der Waals surface area contributed by atoms with Crippen molar-refractivity contribution in [3.8, 4) is 0 Å². The maximum absolute atomic E-state index is 3.75. The van der Waals surface area contributed by atoms with Gasteiger partial charge in [0.1, 0.15) is 0 Å². The Bertz CT molecular complexity index is 361. The summed E-state index contributed by atoms with van der Waals surface area (Å²) in [5.74, 6) is 0.777. The molecule has 2 heterocycles. The number of hydrogen-bond acceptors (Lipinski definition) is 3. The minimum absolute atomic E-state index is 0.634. The highest BCUT2D eigenvalue weighted by Gasteiger charge is 2.25. The van der Waals surface area contributed by atoms with E-state index in [1.165, 1.54) is 45.3 Å². The van der Waals surface area contributed by atoms with Crippen molar-refractivity contribution in [2.75, 3.05) is 19.6 Å². The Balaban J connectivity index is 2.06. The molecule has 0 radical (unpaired) electrons. The lowest BCUT2D eigenvalue weighted by atomic mass is 10.0. The Morgan fingerprint density at radius 3 is 2.95 bits per heavy atom. The van der Waals surface area contributed by atoms with Gasteiger partial charge in [0.05, 0.1) is 0 Å². The smallest absolute Gasteiger partial charge is 0.0442 e. The summed E-state index contributed by atoms with van der Waals surface area (Å²) >= 11 is 1.92. The Labute approximate surface area is 128 Å². The minimum Gasteiger partial charge on any atom is -0.313 e. The van der Waals surface area contributed by atoms with Crippen LogP contribution in [0, 0.1) is 5.92 Å². The summed E-state index contributed by atoms with van der Waals surface area (Å²) in [4.78, 5) is 4.29. The Hall–Kier alpha value is -0.380. The Morgan fingerprint density at radius 1 is 1.45 bits per heavy atom. The molecule has 2 unspecified atom stereocenters. The van der Waals surface area contributed by atoms with Crippen molar-refractivity contribution in [2.45, 2.75) is 58.5 Å². The van der Waals surface area contributed by atoms with Crippen LogP contribution in [-0.4, -0.2) is 30.6 Å². The molecular formula is C17H30N2S. The van der Waals surface area contributed by atoms with Gasteiger partial charge in [-0.2, -0.15) is 0 Å². The van der Waals surface area contributed by atoms with Crippen LogP contribution in [0.25, 0.3) is 0 Å². The van der Waals surface area contributed by atoms with Gasteiger partial charge >= 0.3 is 0 Å². The SMILES string of the molecule is CCCC(c1cccs1)N1CCCNC(CC(C)C)C1. The average Bonchev–Trinajstić information content (AvgIpc) is 2.83. The van der Waals surface area contributed by atoms with Gasteiger partial charge in [-0.25, -0.2) is 0 Å². The van der Waals surface area contributed by atoms with E-state index in [2.05, 4.69) is 48.5 Å². The molecule has 2 rings (SSSR count). The second-order valence-corrected chi connectivity index (χ2v) is 7.43. The first kappa shape index (κ1) is 16.0. The monoisotopic (exact) mass is 294 g/mol. The second kappa shape index (κ2) is 8.16. The first-order valence-electron chi connectivity index (χ1n) is 8.21. The van der Waals surface area contributed by atoms with Crippen LogP contribution in [0.5, 0.6) is 0 Å². The molecule has 0 saturated carbocycles. The topological polar surface area (TPSA) is 15.3 Å². The van der Waals surface area contributed by atoms with Gasteiger partial charge in [0.15, 0.2) is 0 Å². The van der Waals surface area contributed by atoms with Crippen molar-refractivity contribution in [3.63, 3.8) is 0 Å². The fraction of sp³-hybridized carbons (Fsp3) is 0.765. The predicted molar refractivity (Wildman–Crippen MR) is 89.4 cm³/mol. The zero-order valence-corrected chi connectivity index (χ0v) is 14.1. The van der Waals surface area contributed by atoms with E-state index < -0.39 is 0 Å². The number of hydrogen-bond donors (Lipinski definition) is 1. The van der Waals surface area contributed by atoms with Gasteiger partial charge in [0.25, 0.3) is 0 Å². The van der Waals surface area contributed by atoms with Crippen molar-refractivity contribution < 1.29 is 0 Å². The van der Waals surface area contributed by atoms with Crippen molar-refractivity contribution in [1.29, 1.82) is 0 Å². The molecule has 1 aliphatic heterocycles. The summed E-state index contributed by atoms with van der Waals surface area (Å²) in [5.41, 5.74) is 0. The molecule has 0 aromatic carbocycles. The lowest BCUT2D eigenvalue weighted by molar-refractivity contribution is 0.180. The molecule has 0 aliphatic carbocycles. The molecule has 1 fully saturated rings. The molecule has 1 N–H and O–H groups in total. The van der Waals surface area contributed by atoms with Gasteiger partial charge in [-0.3, -0.25) is 4.90 Å². The third kappa shape index (κ3) is 4.57. The molecule has 20 heavy (non-hydrogen) atoms. The van der Waals surface area contributed by atoms with Gasteiger partial charge < -0.3 is 5.32 Å². The van der Waals surface area contributed by atoms with Gasteiger partial charge in [0, 0.05) is 30.1 Å². The molecule has 1 aliphatic rings. The minimum atomic E-state index is 0.634. The third-order valence-corrected chi connectivity index (χ3v) is 5.11. The van der Waals surface area contributed by atoms with E-state index in [-0.39, 0.29) is 0 Å². The maximum atomic E-state index is 3.75. The van der Waals surface area contributed by atoms with Crippen molar-refractivity contribution >= 4 is 11.3 Å². The first-order chi connectivity index (χ1) is 9.70. The van der Waals surface area contributed by atoms with E-state index in [0.29, 0.717) is 12.1 Å². The van der Waals surface area contributed by atoms with Crippen molar-refractivity contribution in [1.82, 2.24) is 10.2 Å². The number of nitrogens with one attached hydrogen (secondary N) is 1. The zero-order valence-electron chi connectivity index (χ0n) is 13.3. The number of rotatable bonds is 6. The van der Waals surface area contributed by atoms with Crippen LogP contribution in [0.1, 0.15) is 57.4 Å². The van der Waals surface area contributed by atoms with Gasteiger partial charge in [-0.15, -0.1) is 11.3 Å². The quantitative estimate of drug-likeness (QED) is 0.841. The fourth-order valence-corrected chi connectivity index (χ4v) is 4.19. The lowest BCUT2D eigenvalue weighted by Gasteiger charge is -2.32. The maximum Gasteiger partial charge on any atom is 0.0442 e.